The smallest absolute Gasteiger partial charge is 0.264 e. The molecule has 4 nitrogen and oxygen atoms in total. The van der Waals surface area contributed by atoms with Crippen molar-refractivity contribution in [1.82, 2.24) is 0 Å². The van der Waals surface area contributed by atoms with Crippen molar-refractivity contribution in [2.45, 2.75) is 17.9 Å². The van der Waals surface area contributed by atoms with Crippen LogP contribution in [0.15, 0.2) is 47.4 Å². The van der Waals surface area contributed by atoms with E-state index in [-0.39, 0.29) is 11.4 Å². The molecule has 3 rings (SSSR count). The fourth-order valence-electron chi connectivity index (χ4n) is 2.55. The van der Waals surface area contributed by atoms with Gasteiger partial charge >= 0.3 is 0 Å². The molecule has 0 aliphatic carbocycles. The minimum atomic E-state index is -3.58. The minimum Gasteiger partial charge on any atom is -0.326 e. The van der Waals surface area contributed by atoms with Gasteiger partial charge in [0.15, 0.2) is 0 Å². The Hall–Kier alpha value is -1.56. The summed E-state index contributed by atoms with van der Waals surface area (Å²) in [5.74, 6) is 0. The maximum Gasteiger partial charge on any atom is 0.264 e. The Morgan fingerprint density at radius 2 is 1.95 bits per heavy atom. The lowest BCUT2D eigenvalue weighted by Crippen LogP contribution is -2.29. The highest BCUT2D eigenvalue weighted by molar-refractivity contribution is 7.92. The normalized spacial score (nSPS) is 14.3. The lowest BCUT2D eigenvalue weighted by molar-refractivity contribution is 0.592. The van der Waals surface area contributed by atoms with Crippen LogP contribution < -0.4 is 10.0 Å². The van der Waals surface area contributed by atoms with Crippen LogP contribution in [0.25, 0.3) is 0 Å². The van der Waals surface area contributed by atoms with Gasteiger partial charge in [-0.25, -0.2) is 8.42 Å². The Morgan fingerprint density at radius 3 is 2.71 bits per heavy atom. The van der Waals surface area contributed by atoms with Gasteiger partial charge in [-0.05, 0) is 41.8 Å². The number of hydrogen-bond acceptors (Lipinski definition) is 3. The second-order valence-corrected chi connectivity index (χ2v) is 7.18. The van der Waals surface area contributed by atoms with E-state index in [9.17, 15) is 8.42 Å². The summed E-state index contributed by atoms with van der Waals surface area (Å²) in [4.78, 5) is 0.226. The molecule has 2 aromatic carbocycles. The van der Waals surface area contributed by atoms with Gasteiger partial charge in [-0.15, -0.1) is 0 Å². The van der Waals surface area contributed by atoms with Crippen LogP contribution in [-0.2, 0) is 23.0 Å². The number of rotatable bonds is 3. The van der Waals surface area contributed by atoms with Crippen molar-refractivity contribution >= 4 is 27.3 Å². The number of halogens is 1. The third kappa shape index (κ3) is 2.41. The number of hydrogen-bond donors (Lipinski definition) is 1. The molecule has 6 heteroatoms. The van der Waals surface area contributed by atoms with Crippen LogP contribution in [0.4, 0.5) is 5.69 Å². The van der Waals surface area contributed by atoms with Crippen LogP contribution in [-0.4, -0.2) is 15.0 Å². The van der Waals surface area contributed by atoms with Gasteiger partial charge in [-0.1, -0.05) is 29.8 Å². The second kappa shape index (κ2) is 5.33. The number of benzene rings is 2. The van der Waals surface area contributed by atoms with Crippen LogP contribution in [0, 0.1) is 0 Å². The van der Waals surface area contributed by atoms with E-state index < -0.39 is 10.0 Å². The molecular weight excluding hydrogens is 308 g/mol. The summed E-state index contributed by atoms with van der Waals surface area (Å²) in [6.07, 6.45) is 0.729. The van der Waals surface area contributed by atoms with Crippen LogP contribution in [0.5, 0.6) is 0 Å². The Morgan fingerprint density at radius 1 is 1.19 bits per heavy atom. The largest absolute Gasteiger partial charge is 0.326 e. The molecule has 0 amide bonds. The van der Waals surface area contributed by atoms with Crippen molar-refractivity contribution in [1.29, 1.82) is 0 Å². The summed E-state index contributed by atoms with van der Waals surface area (Å²) in [6, 6.07) is 12.2. The molecule has 110 valence electrons. The van der Waals surface area contributed by atoms with Crippen LogP contribution >= 0.6 is 11.6 Å². The first-order valence-corrected chi connectivity index (χ1v) is 8.45. The molecule has 0 unspecified atom stereocenters. The van der Waals surface area contributed by atoms with E-state index in [1.807, 2.05) is 24.3 Å². The van der Waals surface area contributed by atoms with Crippen molar-refractivity contribution in [3.63, 3.8) is 0 Å². The predicted molar refractivity (Wildman–Crippen MR) is 84.0 cm³/mol. The summed E-state index contributed by atoms with van der Waals surface area (Å²) in [6.45, 7) is 0.668. The molecule has 0 atom stereocenters. The summed E-state index contributed by atoms with van der Waals surface area (Å²) in [5.41, 5.74) is 8.03. The Kier molecular flexibility index (Phi) is 3.65. The highest BCUT2D eigenvalue weighted by atomic mass is 35.5. The third-order valence-electron chi connectivity index (χ3n) is 3.67. The van der Waals surface area contributed by atoms with Gasteiger partial charge in [0, 0.05) is 18.1 Å². The first-order valence-electron chi connectivity index (χ1n) is 6.63. The van der Waals surface area contributed by atoms with Gasteiger partial charge < -0.3 is 5.73 Å². The minimum absolute atomic E-state index is 0.207. The summed E-state index contributed by atoms with van der Waals surface area (Å²) in [5, 5.41) is 0.485. The van der Waals surface area contributed by atoms with E-state index in [0.29, 0.717) is 17.1 Å². The van der Waals surface area contributed by atoms with E-state index >= 15 is 0 Å². The Balaban J connectivity index is 2.06. The predicted octanol–water partition coefficient (Wildman–Crippen LogP) is 2.55. The van der Waals surface area contributed by atoms with Crippen LogP contribution in [0.3, 0.4) is 0 Å². The lowest BCUT2D eigenvalue weighted by atomic mass is 10.2. The standard InChI is InChI=1S/C15H15ClN2O2S/c16-14-6-5-13(9-12(14)10-17)21(19,20)18-8-7-11-3-1-2-4-15(11)18/h1-6,9H,7-8,10,17H2. The highest BCUT2D eigenvalue weighted by Gasteiger charge is 2.30. The Labute approximate surface area is 129 Å². The Bertz CT molecular complexity index is 790. The van der Waals surface area contributed by atoms with E-state index in [1.54, 1.807) is 12.1 Å². The molecule has 1 aliphatic heterocycles. The number of nitrogens with zero attached hydrogens (tertiary/aromatic N) is 1. The molecule has 0 spiro atoms. The number of sulfonamides is 1. The molecule has 1 aliphatic rings. The summed E-state index contributed by atoms with van der Waals surface area (Å²) in [7, 11) is -3.58. The number of anilines is 1. The second-order valence-electron chi connectivity index (χ2n) is 4.91. The fourth-order valence-corrected chi connectivity index (χ4v) is 4.30. The van der Waals surface area contributed by atoms with Crippen molar-refractivity contribution in [2.75, 3.05) is 10.8 Å². The van der Waals surface area contributed by atoms with Gasteiger partial charge in [-0.2, -0.15) is 0 Å². The molecular formula is C15H15ClN2O2S. The molecule has 2 N–H and O–H groups in total. The fraction of sp³-hybridized carbons (Fsp3) is 0.200. The van der Waals surface area contributed by atoms with Crippen LogP contribution in [0.2, 0.25) is 5.02 Å². The van der Waals surface area contributed by atoms with Gasteiger partial charge in [0.1, 0.15) is 0 Å². The maximum absolute atomic E-state index is 12.8. The first kappa shape index (κ1) is 14.4. The molecule has 0 aromatic heterocycles. The van der Waals surface area contributed by atoms with E-state index in [0.717, 1.165) is 17.7 Å². The van der Waals surface area contributed by atoms with E-state index in [1.165, 1.54) is 10.4 Å². The average molecular weight is 323 g/mol. The van der Waals surface area contributed by atoms with Crippen molar-refractivity contribution in [3.05, 3.63) is 58.6 Å². The maximum atomic E-state index is 12.8. The molecule has 2 aromatic rings. The van der Waals surface area contributed by atoms with E-state index in [4.69, 9.17) is 17.3 Å². The highest BCUT2D eigenvalue weighted by Crippen LogP contribution is 2.33. The molecule has 1 heterocycles. The first-order chi connectivity index (χ1) is 10.0. The zero-order valence-electron chi connectivity index (χ0n) is 11.3. The van der Waals surface area contributed by atoms with Gasteiger partial charge in [-0.3, -0.25) is 4.31 Å². The van der Waals surface area contributed by atoms with Gasteiger partial charge in [0.2, 0.25) is 0 Å². The number of para-hydroxylation sites is 1. The van der Waals surface area contributed by atoms with Crippen molar-refractivity contribution in [2.24, 2.45) is 5.73 Å². The SMILES string of the molecule is NCc1cc(S(=O)(=O)N2CCc3ccccc32)ccc1Cl. The number of nitrogens with two attached hydrogens (primary N) is 1. The molecule has 0 bridgehead atoms. The summed E-state index contributed by atoms with van der Waals surface area (Å²) >= 11 is 6.00. The monoisotopic (exact) mass is 322 g/mol. The molecule has 0 saturated heterocycles. The van der Waals surface area contributed by atoms with Gasteiger partial charge in [0.25, 0.3) is 10.0 Å². The van der Waals surface area contributed by atoms with Crippen molar-refractivity contribution in [3.8, 4) is 0 Å². The lowest BCUT2D eigenvalue weighted by Gasteiger charge is -2.20. The number of fused-ring (bicyclic) bond motifs is 1. The molecule has 0 fully saturated rings. The zero-order valence-corrected chi connectivity index (χ0v) is 12.9. The molecule has 0 saturated carbocycles. The molecule has 21 heavy (non-hydrogen) atoms. The van der Waals surface area contributed by atoms with Gasteiger partial charge in [0.05, 0.1) is 10.6 Å². The van der Waals surface area contributed by atoms with Crippen molar-refractivity contribution < 1.29 is 8.42 Å². The molecule has 0 radical (unpaired) electrons. The topological polar surface area (TPSA) is 63.4 Å². The summed E-state index contributed by atoms with van der Waals surface area (Å²) < 4.78 is 27.1. The van der Waals surface area contributed by atoms with Crippen LogP contribution in [0.1, 0.15) is 11.1 Å². The quantitative estimate of drug-likeness (QED) is 0.944. The van der Waals surface area contributed by atoms with E-state index in [2.05, 4.69) is 0 Å². The zero-order chi connectivity index (χ0) is 15.0. The third-order valence-corrected chi connectivity index (χ3v) is 5.85. The average Bonchev–Trinajstić information content (AvgIpc) is 2.92.